The number of fused-ring (bicyclic) bond motifs is 1. The first-order valence-electron chi connectivity index (χ1n) is 8.86. The van der Waals surface area contributed by atoms with Crippen molar-refractivity contribution in [1.82, 2.24) is 9.97 Å². The number of anilines is 2. The third kappa shape index (κ3) is 3.23. The Balaban J connectivity index is 1.55. The van der Waals surface area contributed by atoms with Gasteiger partial charge in [-0.1, -0.05) is 18.2 Å². The SMILES string of the molecule is O=C(O)c1cnc(N2CCCC(S(=O)(=O)N3CCc4ccccc43)C2)cn1. The number of sulfonamides is 1. The Morgan fingerprint density at radius 3 is 2.70 bits per heavy atom. The van der Waals surface area contributed by atoms with Crippen molar-refractivity contribution in [3.8, 4) is 0 Å². The Morgan fingerprint density at radius 1 is 1.15 bits per heavy atom. The van der Waals surface area contributed by atoms with Crippen LogP contribution in [0.25, 0.3) is 0 Å². The predicted octanol–water partition coefficient (Wildman–Crippen LogP) is 1.54. The number of carboxylic acids is 1. The van der Waals surface area contributed by atoms with Crippen LogP contribution < -0.4 is 9.21 Å². The summed E-state index contributed by atoms with van der Waals surface area (Å²) in [4.78, 5) is 20.8. The van der Waals surface area contributed by atoms with Gasteiger partial charge in [0.2, 0.25) is 10.0 Å². The van der Waals surface area contributed by atoms with Crippen LogP contribution in [0.5, 0.6) is 0 Å². The lowest BCUT2D eigenvalue weighted by Gasteiger charge is -2.35. The van der Waals surface area contributed by atoms with Crippen LogP contribution in [-0.2, 0) is 16.4 Å². The number of hydrogen-bond donors (Lipinski definition) is 1. The highest BCUT2D eigenvalue weighted by atomic mass is 32.2. The van der Waals surface area contributed by atoms with Crippen LogP contribution in [0.2, 0.25) is 0 Å². The van der Waals surface area contributed by atoms with E-state index >= 15 is 0 Å². The van der Waals surface area contributed by atoms with Crippen LogP contribution in [0.3, 0.4) is 0 Å². The van der Waals surface area contributed by atoms with Gasteiger partial charge in [-0.15, -0.1) is 0 Å². The zero-order valence-electron chi connectivity index (χ0n) is 14.7. The molecule has 2 aromatic rings. The predicted molar refractivity (Wildman–Crippen MR) is 101 cm³/mol. The number of aromatic nitrogens is 2. The largest absolute Gasteiger partial charge is 0.476 e. The molecule has 1 fully saturated rings. The summed E-state index contributed by atoms with van der Waals surface area (Å²) < 4.78 is 28.1. The molecule has 27 heavy (non-hydrogen) atoms. The van der Waals surface area contributed by atoms with E-state index < -0.39 is 21.2 Å². The number of carboxylic acid groups (broad SMARTS) is 1. The fraction of sp³-hybridized carbons (Fsp3) is 0.389. The van der Waals surface area contributed by atoms with Crippen molar-refractivity contribution in [2.75, 3.05) is 28.8 Å². The van der Waals surface area contributed by atoms with E-state index in [1.165, 1.54) is 16.7 Å². The summed E-state index contributed by atoms with van der Waals surface area (Å²) in [7, 11) is -3.49. The third-order valence-corrected chi connectivity index (χ3v) is 7.35. The second-order valence-corrected chi connectivity index (χ2v) is 8.91. The monoisotopic (exact) mass is 388 g/mol. The molecule has 9 heteroatoms. The van der Waals surface area contributed by atoms with Gasteiger partial charge >= 0.3 is 5.97 Å². The fourth-order valence-corrected chi connectivity index (χ4v) is 5.73. The van der Waals surface area contributed by atoms with Gasteiger partial charge in [-0.3, -0.25) is 4.31 Å². The molecule has 1 unspecified atom stereocenters. The van der Waals surface area contributed by atoms with E-state index in [-0.39, 0.29) is 5.69 Å². The van der Waals surface area contributed by atoms with Crippen molar-refractivity contribution in [2.45, 2.75) is 24.5 Å². The zero-order valence-corrected chi connectivity index (χ0v) is 15.5. The second-order valence-electron chi connectivity index (χ2n) is 6.77. The molecule has 0 bridgehead atoms. The third-order valence-electron chi connectivity index (χ3n) is 5.13. The molecule has 0 saturated carbocycles. The Labute approximate surface area is 157 Å². The van der Waals surface area contributed by atoms with Gasteiger partial charge in [-0.2, -0.15) is 0 Å². The first-order chi connectivity index (χ1) is 13.0. The summed E-state index contributed by atoms with van der Waals surface area (Å²) in [6, 6.07) is 7.62. The average molecular weight is 388 g/mol. The van der Waals surface area contributed by atoms with Gasteiger partial charge in [0.15, 0.2) is 5.69 Å². The number of rotatable bonds is 4. The molecule has 0 amide bonds. The van der Waals surface area contributed by atoms with E-state index in [9.17, 15) is 13.2 Å². The molecule has 1 aromatic heterocycles. The molecule has 3 heterocycles. The molecule has 2 aliphatic rings. The molecular formula is C18H20N4O4S. The Kier molecular flexibility index (Phi) is 4.47. The Hall–Kier alpha value is -2.68. The van der Waals surface area contributed by atoms with Crippen LogP contribution in [0, 0.1) is 0 Å². The lowest BCUT2D eigenvalue weighted by Crippen LogP contribution is -2.48. The van der Waals surface area contributed by atoms with Crippen LogP contribution in [0.4, 0.5) is 11.5 Å². The quantitative estimate of drug-likeness (QED) is 0.847. The molecule has 1 aromatic carbocycles. The van der Waals surface area contributed by atoms with Crippen LogP contribution in [-0.4, -0.2) is 54.3 Å². The first kappa shape index (κ1) is 17.7. The maximum Gasteiger partial charge on any atom is 0.356 e. The summed E-state index contributed by atoms with van der Waals surface area (Å²) in [6.45, 7) is 1.47. The van der Waals surface area contributed by atoms with E-state index in [0.717, 1.165) is 24.1 Å². The van der Waals surface area contributed by atoms with E-state index in [0.29, 0.717) is 31.9 Å². The lowest BCUT2D eigenvalue weighted by molar-refractivity contribution is 0.0690. The zero-order chi connectivity index (χ0) is 19.0. The minimum Gasteiger partial charge on any atom is -0.476 e. The number of benzene rings is 1. The first-order valence-corrected chi connectivity index (χ1v) is 10.4. The highest BCUT2D eigenvalue weighted by Crippen LogP contribution is 2.33. The van der Waals surface area contributed by atoms with Crippen LogP contribution in [0.1, 0.15) is 28.9 Å². The molecule has 1 atom stereocenters. The number of hydrogen-bond acceptors (Lipinski definition) is 6. The molecule has 0 spiro atoms. The summed E-state index contributed by atoms with van der Waals surface area (Å²) in [5, 5.41) is 8.41. The van der Waals surface area contributed by atoms with Gasteiger partial charge in [-0.05, 0) is 30.9 Å². The molecule has 142 valence electrons. The maximum atomic E-state index is 13.3. The van der Waals surface area contributed by atoms with Crippen molar-refractivity contribution in [2.24, 2.45) is 0 Å². The molecule has 1 N–H and O–H groups in total. The molecular weight excluding hydrogens is 368 g/mol. The Bertz CT molecular complexity index is 962. The number of para-hydroxylation sites is 1. The summed E-state index contributed by atoms with van der Waals surface area (Å²) >= 11 is 0. The average Bonchev–Trinajstić information content (AvgIpc) is 3.13. The number of carbonyl (C=O) groups is 1. The maximum absolute atomic E-state index is 13.3. The second kappa shape index (κ2) is 6.80. The minimum atomic E-state index is -3.49. The summed E-state index contributed by atoms with van der Waals surface area (Å²) in [6.07, 6.45) is 4.64. The van der Waals surface area contributed by atoms with Gasteiger partial charge < -0.3 is 10.0 Å². The molecule has 1 saturated heterocycles. The number of piperidine rings is 1. The summed E-state index contributed by atoms with van der Waals surface area (Å²) in [5.41, 5.74) is 1.71. The molecule has 4 rings (SSSR count). The normalized spacial score (nSPS) is 19.8. The van der Waals surface area contributed by atoms with Crippen molar-refractivity contribution in [3.05, 3.63) is 47.9 Å². The highest BCUT2D eigenvalue weighted by molar-refractivity contribution is 7.93. The number of nitrogens with zero attached hydrogens (tertiary/aromatic N) is 4. The van der Waals surface area contributed by atoms with E-state index in [1.807, 2.05) is 29.2 Å². The molecule has 0 aliphatic carbocycles. The van der Waals surface area contributed by atoms with E-state index in [2.05, 4.69) is 9.97 Å². The smallest absolute Gasteiger partial charge is 0.356 e. The van der Waals surface area contributed by atoms with Gasteiger partial charge in [0.25, 0.3) is 0 Å². The van der Waals surface area contributed by atoms with Crippen molar-refractivity contribution in [3.63, 3.8) is 0 Å². The fourth-order valence-electron chi connectivity index (χ4n) is 3.74. The highest BCUT2D eigenvalue weighted by Gasteiger charge is 2.38. The number of aromatic carboxylic acids is 1. The Morgan fingerprint density at radius 2 is 1.96 bits per heavy atom. The van der Waals surface area contributed by atoms with E-state index in [4.69, 9.17) is 5.11 Å². The van der Waals surface area contributed by atoms with E-state index in [1.54, 1.807) is 0 Å². The van der Waals surface area contributed by atoms with Gasteiger partial charge in [0, 0.05) is 19.6 Å². The molecule has 0 radical (unpaired) electrons. The van der Waals surface area contributed by atoms with Crippen molar-refractivity contribution < 1.29 is 18.3 Å². The molecule has 8 nitrogen and oxygen atoms in total. The topological polar surface area (TPSA) is 104 Å². The summed E-state index contributed by atoms with van der Waals surface area (Å²) in [5.74, 6) is -0.637. The van der Waals surface area contributed by atoms with Crippen molar-refractivity contribution >= 4 is 27.5 Å². The molecule has 2 aliphatic heterocycles. The lowest BCUT2D eigenvalue weighted by atomic mass is 10.1. The van der Waals surface area contributed by atoms with Gasteiger partial charge in [0.1, 0.15) is 5.82 Å². The van der Waals surface area contributed by atoms with Crippen LogP contribution in [0.15, 0.2) is 36.7 Å². The standard InChI is InChI=1S/C18H20N4O4S/c23-18(24)15-10-20-17(11-19-15)21-8-3-5-14(12-21)27(25,26)22-9-7-13-4-1-2-6-16(13)22/h1-2,4,6,10-11,14H,3,5,7-9,12H2,(H,23,24). The van der Waals surface area contributed by atoms with Crippen LogP contribution >= 0.6 is 0 Å². The van der Waals surface area contributed by atoms with Gasteiger partial charge in [-0.25, -0.2) is 23.2 Å². The minimum absolute atomic E-state index is 0.131. The van der Waals surface area contributed by atoms with Crippen molar-refractivity contribution in [1.29, 1.82) is 0 Å². The van der Waals surface area contributed by atoms with Gasteiger partial charge in [0.05, 0.1) is 23.3 Å².